The molecule has 0 bridgehead atoms. The van der Waals surface area contributed by atoms with Crippen LogP contribution in [-0.4, -0.2) is 25.1 Å². The topological polar surface area (TPSA) is 79.3 Å². The van der Waals surface area contributed by atoms with E-state index in [-0.39, 0.29) is 17.4 Å². The molecule has 1 aromatic heterocycles. The largest absolute Gasteiger partial charge is 0.394 e. The maximum Gasteiger partial charge on any atom is 0.241 e. The highest BCUT2D eigenvalue weighted by molar-refractivity contribution is 7.89. The van der Waals surface area contributed by atoms with E-state index < -0.39 is 16.1 Å². The third-order valence-corrected chi connectivity index (χ3v) is 5.85. The molecule has 0 amide bonds. The maximum atomic E-state index is 12.4. The molecule has 0 aliphatic carbocycles. The van der Waals surface area contributed by atoms with Gasteiger partial charge in [0.25, 0.3) is 0 Å². The fourth-order valence-corrected chi connectivity index (χ4v) is 3.98. The first-order valence-electron chi connectivity index (χ1n) is 6.98. The number of aliphatic hydroxyl groups is 1. The second-order valence-corrected chi connectivity index (χ2v) is 8.04. The zero-order valence-electron chi connectivity index (χ0n) is 12.8. The van der Waals surface area contributed by atoms with Crippen LogP contribution in [0.1, 0.15) is 42.1 Å². The molecule has 0 radical (unpaired) electrons. The molecule has 0 fully saturated rings. The van der Waals surface area contributed by atoms with Crippen LogP contribution in [0.5, 0.6) is 0 Å². The summed E-state index contributed by atoms with van der Waals surface area (Å²) in [5.74, 6) is 0.270. The Kier molecular flexibility index (Phi) is 5.33. The van der Waals surface area contributed by atoms with Crippen LogP contribution < -0.4 is 4.72 Å². The first-order valence-corrected chi connectivity index (χ1v) is 9.35. The molecule has 0 saturated heterocycles. The van der Waals surface area contributed by atoms with E-state index in [0.29, 0.717) is 5.69 Å². The van der Waals surface area contributed by atoms with Crippen molar-refractivity contribution in [1.82, 2.24) is 9.71 Å². The van der Waals surface area contributed by atoms with Crippen LogP contribution in [0.3, 0.4) is 0 Å². The number of nitrogens with one attached hydrogen (secondary N) is 1. The summed E-state index contributed by atoms with van der Waals surface area (Å²) in [5, 5.41) is 12.2. The molecule has 5 nitrogen and oxygen atoms in total. The molecular weight excluding hydrogens is 320 g/mol. The lowest BCUT2D eigenvalue weighted by Gasteiger charge is -2.14. The molecule has 2 N–H and O–H groups in total. The second kappa shape index (κ2) is 6.87. The molecule has 1 atom stereocenters. The van der Waals surface area contributed by atoms with Gasteiger partial charge < -0.3 is 5.11 Å². The summed E-state index contributed by atoms with van der Waals surface area (Å²) in [5.41, 5.74) is 1.53. The Hall–Kier alpha value is -1.28. The van der Waals surface area contributed by atoms with Gasteiger partial charge in [-0.2, -0.15) is 4.72 Å². The van der Waals surface area contributed by atoms with Gasteiger partial charge in [0.2, 0.25) is 10.0 Å². The summed E-state index contributed by atoms with van der Waals surface area (Å²) in [6, 6.07) is 5.83. The quantitative estimate of drug-likeness (QED) is 0.847. The van der Waals surface area contributed by atoms with Gasteiger partial charge in [0, 0.05) is 11.3 Å². The van der Waals surface area contributed by atoms with Gasteiger partial charge in [-0.1, -0.05) is 31.5 Å². The first-order chi connectivity index (χ1) is 10.3. The molecule has 0 spiro atoms. The summed E-state index contributed by atoms with van der Waals surface area (Å²) < 4.78 is 27.3. The molecule has 1 unspecified atom stereocenters. The van der Waals surface area contributed by atoms with Crippen LogP contribution in [0.15, 0.2) is 34.5 Å². The van der Waals surface area contributed by atoms with Crippen molar-refractivity contribution in [2.75, 3.05) is 6.61 Å². The third kappa shape index (κ3) is 3.92. The lowest BCUT2D eigenvalue weighted by atomic mass is 10.2. The van der Waals surface area contributed by atoms with Crippen molar-refractivity contribution in [2.45, 2.75) is 37.6 Å². The highest BCUT2D eigenvalue weighted by Gasteiger charge is 2.23. The maximum absolute atomic E-state index is 12.4. The summed E-state index contributed by atoms with van der Waals surface area (Å²) in [4.78, 5) is 4.58. The molecule has 0 aliphatic heterocycles. The highest BCUT2D eigenvalue weighted by atomic mass is 32.2. The molecule has 1 aromatic carbocycles. The summed E-state index contributed by atoms with van der Waals surface area (Å²) in [6.07, 6.45) is 0. The van der Waals surface area contributed by atoms with Gasteiger partial charge in [-0.15, -0.1) is 11.3 Å². The van der Waals surface area contributed by atoms with E-state index in [4.69, 9.17) is 0 Å². The van der Waals surface area contributed by atoms with Gasteiger partial charge >= 0.3 is 0 Å². The van der Waals surface area contributed by atoms with Crippen molar-refractivity contribution in [2.24, 2.45) is 0 Å². The molecule has 2 aromatic rings. The van der Waals surface area contributed by atoms with Gasteiger partial charge in [0.1, 0.15) is 0 Å². The Morgan fingerprint density at radius 2 is 1.91 bits per heavy atom. The summed E-state index contributed by atoms with van der Waals surface area (Å²) >= 11 is 1.47. The molecule has 0 saturated carbocycles. The minimum Gasteiger partial charge on any atom is -0.394 e. The summed E-state index contributed by atoms with van der Waals surface area (Å²) in [7, 11) is -3.69. The molecule has 7 heteroatoms. The van der Waals surface area contributed by atoms with Gasteiger partial charge in [0.15, 0.2) is 0 Å². The Bertz CT molecular complexity index is 722. The predicted molar refractivity (Wildman–Crippen MR) is 87.5 cm³/mol. The first kappa shape index (κ1) is 17.1. The number of rotatable bonds is 6. The number of benzene rings is 1. The number of hydrogen-bond acceptors (Lipinski definition) is 5. The summed E-state index contributed by atoms with van der Waals surface area (Å²) in [6.45, 7) is 5.59. The minimum absolute atomic E-state index is 0.177. The fraction of sp³-hybridized carbons (Fsp3) is 0.400. The molecule has 0 aliphatic rings. The minimum atomic E-state index is -3.69. The van der Waals surface area contributed by atoms with E-state index in [1.807, 2.05) is 20.8 Å². The zero-order chi connectivity index (χ0) is 16.3. The van der Waals surface area contributed by atoms with Gasteiger partial charge in [0.05, 0.1) is 28.2 Å². The third-order valence-electron chi connectivity index (χ3n) is 3.20. The number of sulfonamides is 1. The lowest BCUT2D eigenvalue weighted by Crippen LogP contribution is -2.31. The molecule has 2 rings (SSSR count). The average molecular weight is 340 g/mol. The SMILES string of the molecule is Cc1ccc(S(=O)(=O)NC(CO)c2csc(C(C)C)n2)cc1. The standard InChI is InChI=1S/C15H20N2O3S2/c1-10(2)15-16-14(9-21-15)13(8-18)17-22(19,20)12-6-4-11(3)5-7-12/h4-7,9-10,13,17-18H,8H2,1-3H3. The van der Waals surface area contributed by atoms with E-state index >= 15 is 0 Å². The Morgan fingerprint density at radius 3 is 2.41 bits per heavy atom. The Balaban J connectivity index is 2.23. The number of aromatic nitrogens is 1. The van der Waals surface area contributed by atoms with Crippen LogP contribution in [-0.2, 0) is 10.0 Å². The number of thiazole rings is 1. The average Bonchev–Trinajstić information content (AvgIpc) is 2.95. The van der Waals surface area contributed by atoms with Crippen LogP contribution in [0.4, 0.5) is 0 Å². The van der Waals surface area contributed by atoms with Crippen LogP contribution in [0, 0.1) is 6.92 Å². The second-order valence-electron chi connectivity index (χ2n) is 5.43. The van der Waals surface area contributed by atoms with Crippen LogP contribution in [0.25, 0.3) is 0 Å². The van der Waals surface area contributed by atoms with Gasteiger partial charge in [-0.25, -0.2) is 13.4 Å². The van der Waals surface area contributed by atoms with Crippen molar-refractivity contribution in [3.05, 3.63) is 45.9 Å². The van der Waals surface area contributed by atoms with Crippen LogP contribution in [0.2, 0.25) is 0 Å². The molecular formula is C15H20N2O3S2. The van der Waals surface area contributed by atoms with Crippen molar-refractivity contribution in [3.8, 4) is 0 Å². The fourth-order valence-electron chi connectivity index (χ4n) is 1.89. The van der Waals surface area contributed by atoms with Crippen molar-refractivity contribution in [3.63, 3.8) is 0 Å². The smallest absolute Gasteiger partial charge is 0.241 e. The highest BCUT2D eigenvalue weighted by Crippen LogP contribution is 2.24. The molecule has 1 heterocycles. The number of hydrogen-bond donors (Lipinski definition) is 2. The van der Waals surface area contributed by atoms with E-state index in [1.165, 1.54) is 11.3 Å². The van der Waals surface area contributed by atoms with Crippen molar-refractivity contribution >= 4 is 21.4 Å². The molecule has 120 valence electrons. The Labute approximate surface area is 135 Å². The van der Waals surface area contributed by atoms with Crippen molar-refractivity contribution in [1.29, 1.82) is 0 Å². The van der Waals surface area contributed by atoms with E-state index in [2.05, 4.69) is 9.71 Å². The van der Waals surface area contributed by atoms with Gasteiger partial charge in [-0.05, 0) is 19.1 Å². The lowest BCUT2D eigenvalue weighted by molar-refractivity contribution is 0.257. The number of nitrogens with zero attached hydrogens (tertiary/aromatic N) is 1. The Morgan fingerprint density at radius 1 is 1.27 bits per heavy atom. The number of aryl methyl sites for hydroxylation is 1. The van der Waals surface area contributed by atoms with Crippen LogP contribution >= 0.6 is 11.3 Å². The molecule has 22 heavy (non-hydrogen) atoms. The predicted octanol–water partition coefficient (Wildman–Crippen LogP) is 2.59. The van der Waals surface area contributed by atoms with E-state index in [0.717, 1.165) is 10.6 Å². The van der Waals surface area contributed by atoms with Crippen molar-refractivity contribution < 1.29 is 13.5 Å². The monoisotopic (exact) mass is 340 g/mol. The zero-order valence-corrected chi connectivity index (χ0v) is 14.4. The van der Waals surface area contributed by atoms with E-state index in [9.17, 15) is 13.5 Å². The van der Waals surface area contributed by atoms with Gasteiger partial charge in [-0.3, -0.25) is 0 Å². The normalized spacial score (nSPS) is 13.5. The van der Waals surface area contributed by atoms with E-state index in [1.54, 1.807) is 29.6 Å². The number of aliphatic hydroxyl groups excluding tert-OH is 1.